The number of ether oxygens (including phenoxy) is 2. The van der Waals surface area contributed by atoms with Gasteiger partial charge in [0, 0.05) is 51.5 Å². The highest BCUT2D eigenvalue weighted by atomic mass is 127. The van der Waals surface area contributed by atoms with Crippen LogP contribution in [-0.4, -0.2) is 96.1 Å². The molecule has 0 bridgehead atoms. The Labute approximate surface area is 294 Å². The molecule has 2 aliphatic heterocycles. The maximum atomic E-state index is 13.0. The molecule has 10 nitrogen and oxygen atoms in total. The maximum absolute atomic E-state index is 13.0. The van der Waals surface area contributed by atoms with Crippen molar-refractivity contribution < 1.29 is 24.1 Å². The van der Waals surface area contributed by atoms with E-state index < -0.39 is 17.1 Å². The van der Waals surface area contributed by atoms with Crippen LogP contribution in [0.3, 0.4) is 0 Å². The third-order valence-electron chi connectivity index (χ3n) is 8.71. The van der Waals surface area contributed by atoms with Gasteiger partial charge in [0.25, 0.3) is 0 Å². The summed E-state index contributed by atoms with van der Waals surface area (Å²) in [4.78, 5) is 13.0. The van der Waals surface area contributed by atoms with Gasteiger partial charge < -0.3 is 40.5 Å². The van der Waals surface area contributed by atoms with Gasteiger partial charge in [-0.25, -0.2) is 9.97 Å². The number of hydrogen-bond donors (Lipinski definition) is 4. The second-order valence-electron chi connectivity index (χ2n) is 12.9. The molecule has 0 atom stereocenters. The molecule has 13 heteroatoms. The highest BCUT2D eigenvalue weighted by Gasteiger charge is 2.29. The number of nitrogens with zero attached hydrogens (tertiary/aromatic N) is 4. The average molecular weight is 855 g/mol. The molecule has 4 aliphatic rings. The van der Waals surface area contributed by atoms with Crippen LogP contribution in [0.5, 0.6) is 0 Å². The molecular formula is C32H49FI2N6O4. The lowest BCUT2D eigenvalue weighted by atomic mass is 9.84. The third kappa shape index (κ3) is 12.8. The van der Waals surface area contributed by atoms with Gasteiger partial charge >= 0.3 is 0 Å². The predicted octanol–water partition coefficient (Wildman–Crippen LogP) is 4.93. The Hall–Kier alpha value is -1.11. The molecule has 2 saturated carbocycles. The molecule has 0 aromatic carbocycles. The molecule has 4 heterocycles. The summed E-state index contributed by atoms with van der Waals surface area (Å²) in [6, 6.07) is 8.27. The van der Waals surface area contributed by atoms with Crippen molar-refractivity contribution in [2.75, 3.05) is 67.7 Å². The molecule has 0 spiro atoms. The fourth-order valence-electron chi connectivity index (χ4n) is 5.77. The van der Waals surface area contributed by atoms with Gasteiger partial charge in [-0.1, -0.05) is 0 Å². The molecule has 0 unspecified atom stereocenters. The number of rotatable bonds is 4. The van der Waals surface area contributed by atoms with E-state index in [1.54, 1.807) is 0 Å². The first-order valence-corrected chi connectivity index (χ1v) is 18.2. The first-order chi connectivity index (χ1) is 21.4. The van der Waals surface area contributed by atoms with Crippen LogP contribution in [0, 0.1) is 13.1 Å². The molecule has 6 rings (SSSR count). The molecule has 252 valence electrons. The van der Waals surface area contributed by atoms with E-state index in [0.29, 0.717) is 31.1 Å². The quantitative estimate of drug-likeness (QED) is 0.249. The van der Waals surface area contributed by atoms with Crippen molar-refractivity contribution in [3.05, 3.63) is 37.4 Å². The Morgan fingerprint density at radius 1 is 0.778 bits per heavy atom. The SMILES string of the molecule is CC1(O)CCC(N)CC1.CC1(O)CCC(Nc2cc(I)cc(N3CCOCC3)n2)CC1.Fc1cc(I)cc(N2CCOCC2)n1. The molecule has 2 aromatic rings. The number of anilines is 3. The van der Waals surface area contributed by atoms with Gasteiger partial charge in [0.15, 0.2) is 0 Å². The Kier molecular flexibility index (Phi) is 14.1. The standard InChI is InChI=1S/C16H24IN3O2.C9H10FIN2O.C7H15NO/c1-16(21)4-2-13(3-5-16)18-14-10-12(17)11-15(19-14)20-6-8-22-9-7-20;10-8-5-7(11)6-9(12-8)13-1-3-14-4-2-13;1-7(9)4-2-6(8)3-5-7/h10-11,13,21H,2-9H2,1H3,(H,18,19);5-6H,1-4H2;6,9H,2-5,8H2,1H3. The van der Waals surface area contributed by atoms with E-state index >= 15 is 0 Å². The summed E-state index contributed by atoms with van der Waals surface area (Å²) in [5.74, 6) is 2.26. The smallest absolute Gasteiger partial charge is 0.215 e. The lowest BCUT2D eigenvalue weighted by Gasteiger charge is -2.34. The zero-order valence-electron chi connectivity index (χ0n) is 26.5. The second-order valence-corrected chi connectivity index (χ2v) is 15.4. The van der Waals surface area contributed by atoms with Crippen LogP contribution in [0.2, 0.25) is 0 Å². The molecule has 0 amide bonds. The molecule has 45 heavy (non-hydrogen) atoms. The van der Waals surface area contributed by atoms with Crippen molar-refractivity contribution in [2.24, 2.45) is 5.73 Å². The van der Waals surface area contributed by atoms with Crippen LogP contribution in [0.4, 0.5) is 21.8 Å². The highest BCUT2D eigenvalue weighted by molar-refractivity contribution is 14.1. The van der Waals surface area contributed by atoms with Gasteiger partial charge in [0.1, 0.15) is 17.5 Å². The van der Waals surface area contributed by atoms with Crippen molar-refractivity contribution >= 4 is 62.6 Å². The molecule has 4 fully saturated rings. The van der Waals surface area contributed by atoms with Crippen LogP contribution < -0.4 is 20.9 Å². The Balaban J connectivity index is 0.000000171. The van der Waals surface area contributed by atoms with E-state index in [0.717, 1.165) is 106 Å². The van der Waals surface area contributed by atoms with E-state index in [-0.39, 0.29) is 0 Å². The van der Waals surface area contributed by atoms with Gasteiger partial charge in [-0.3, -0.25) is 0 Å². The van der Waals surface area contributed by atoms with Crippen LogP contribution >= 0.6 is 45.2 Å². The Morgan fingerprint density at radius 3 is 1.69 bits per heavy atom. The second kappa shape index (κ2) is 17.3. The molecule has 0 radical (unpaired) electrons. The van der Waals surface area contributed by atoms with Crippen LogP contribution in [0.1, 0.15) is 65.2 Å². The van der Waals surface area contributed by atoms with Gasteiger partial charge in [0.05, 0.1) is 37.6 Å². The van der Waals surface area contributed by atoms with Gasteiger partial charge in [-0.05, 0) is 129 Å². The summed E-state index contributed by atoms with van der Waals surface area (Å²) in [5.41, 5.74) is 4.73. The van der Waals surface area contributed by atoms with Crippen LogP contribution in [0.15, 0.2) is 24.3 Å². The predicted molar refractivity (Wildman–Crippen MR) is 193 cm³/mol. The number of aromatic nitrogens is 2. The Bertz CT molecular complexity index is 1170. The van der Waals surface area contributed by atoms with Gasteiger partial charge in [0.2, 0.25) is 5.95 Å². The lowest BCUT2D eigenvalue weighted by molar-refractivity contribution is 0.0178. The topological polar surface area (TPSA) is 129 Å². The minimum absolute atomic E-state index is 0.338. The molecule has 2 saturated heterocycles. The van der Waals surface area contributed by atoms with Crippen molar-refractivity contribution in [1.82, 2.24) is 9.97 Å². The first kappa shape index (κ1) is 36.7. The molecule has 5 N–H and O–H groups in total. The zero-order valence-corrected chi connectivity index (χ0v) is 30.8. The minimum Gasteiger partial charge on any atom is -0.390 e. The third-order valence-corrected chi connectivity index (χ3v) is 9.96. The summed E-state index contributed by atoms with van der Waals surface area (Å²) in [7, 11) is 0. The van der Waals surface area contributed by atoms with Crippen LogP contribution in [0.25, 0.3) is 0 Å². The Morgan fingerprint density at radius 2 is 1.22 bits per heavy atom. The molecular weight excluding hydrogens is 805 g/mol. The fraction of sp³-hybridized carbons (Fsp3) is 0.688. The van der Waals surface area contributed by atoms with E-state index in [1.165, 1.54) is 9.64 Å². The number of pyridine rings is 2. The van der Waals surface area contributed by atoms with Crippen molar-refractivity contribution in [2.45, 2.75) is 88.5 Å². The van der Waals surface area contributed by atoms with Crippen molar-refractivity contribution in [1.29, 1.82) is 0 Å². The summed E-state index contributed by atoms with van der Waals surface area (Å²) < 4.78 is 25.7. The fourth-order valence-corrected chi connectivity index (χ4v) is 6.88. The minimum atomic E-state index is -0.490. The van der Waals surface area contributed by atoms with E-state index in [2.05, 4.69) is 72.5 Å². The number of aliphatic hydroxyl groups is 2. The first-order valence-electron chi connectivity index (χ1n) is 16.0. The van der Waals surface area contributed by atoms with Crippen molar-refractivity contribution in [3.63, 3.8) is 0 Å². The monoisotopic (exact) mass is 854 g/mol. The van der Waals surface area contributed by atoms with Gasteiger partial charge in [-0.15, -0.1) is 0 Å². The number of nitrogens with one attached hydrogen (secondary N) is 1. The van der Waals surface area contributed by atoms with Crippen molar-refractivity contribution in [3.8, 4) is 0 Å². The normalized spacial score (nSPS) is 28.7. The summed E-state index contributed by atoms with van der Waals surface area (Å²) >= 11 is 4.44. The van der Waals surface area contributed by atoms with E-state index in [1.807, 2.05) is 24.8 Å². The zero-order chi connectivity index (χ0) is 32.5. The highest BCUT2D eigenvalue weighted by Crippen LogP contribution is 2.30. The summed E-state index contributed by atoms with van der Waals surface area (Å²) in [6.07, 6.45) is 7.39. The van der Waals surface area contributed by atoms with Gasteiger partial charge in [-0.2, -0.15) is 4.39 Å². The molecule has 2 aliphatic carbocycles. The number of halogens is 3. The number of morpholine rings is 2. The van der Waals surface area contributed by atoms with E-state index in [9.17, 15) is 14.6 Å². The summed E-state index contributed by atoms with van der Waals surface area (Å²) in [6.45, 7) is 10.1. The number of hydrogen-bond acceptors (Lipinski definition) is 10. The maximum Gasteiger partial charge on any atom is 0.215 e. The lowest BCUT2D eigenvalue weighted by Crippen LogP contribution is -2.37. The largest absolute Gasteiger partial charge is 0.390 e. The average Bonchev–Trinajstić information content (AvgIpc) is 3.01. The van der Waals surface area contributed by atoms with Crippen LogP contribution in [-0.2, 0) is 9.47 Å². The number of nitrogens with two attached hydrogens (primary N) is 1. The van der Waals surface area contributed by atoms with E-state index in [4.69, 9.17) is 20.2 Å². The molecule has 2 aromatic heterocycles. The summed E-state index contributed by atoms with van der Waals surface area (Å²) in [5, 5.41) is 23.0.